The van der Waals surface area contributed by atoms with Gasteiger partial charge in [0, 0.05) is 25.0 Å². The molecule has 0 N–H and O–H groups in total. The van der Waals surface area contributed by atoms with Crippen molar-refractivity contribution in [3.63, 3.8) is 0 Å². The first-order valence-electron chi connectivity index (χ1n) is 7.01. The molecular weight excluding hydrogens is 308 g/mol. The van der Waals surface area contributed by atoms with Crippen LogP contribution in [0.4, 0.5) is 8.78 Å². The van der Waals surface area contributed by atoms with E-state index < -0.39 is 6.55 Å². The first kappa shape index (κ1) is 15.3. The zero-order valence-electron chi connectivity index (χ0n) is 12.4. The maximum Gasteiger partial charge on any atom is 0.319 e. The molecule has 0 fully saturated rings. The lowest BCUT2D eigenvalue weighted by Gasteiger charge is -2.21. The third kappa shape index (κ3) is 3.10. The maximum absolute atomic E-state index is 12.8. The van der Waals surface area contributed by atoms with E-state index in [1.165, 1.54) is 24.3 Å². The Bertz CT molecular complexity index is 718. The number of nitrogens with zero attached hydrogens (tertiary/aromatic N) is 3. The number of ether oxygens (including phenoxy) is 2. The molecule has 0 atom stereocenters. The molecule has 23 heavy (non-hydrogen) atoms. The van der Waals surface area contributed by atoms with Crippen molar-refractivity contribution in [2.45, 2.75) is 13.1 Å². The van der Waals surface area contributed by atoms with E-state index in [1.54, 1.807) is 18.2 Å². The Morgan fingerprint density at radius 2 is 2.09 bits per heavy atom. The predicted octanol–water partition coefficient (Wildman–Crippen LogP) is 2.32. The van der Waals surface area contributed by atoms with E-state index in [9.17, 15) is 13.6 Å². The molecule has 0 saturated carbocycles. The van der Waals surface area contributed by atoms with Crippen LogP contribution < -0.4 is 9.47 Å². The molecule has 6 nitrogen and oxygen atoms in total. The van der Waals surface area contributed by atoms with Gasteiger partial charge in [-0.25, -0.2) is 4.98 Å². The van der Waals surface area contributed by atoms with Gasteiger partial charge in [-0.15, -0.1) is 0 Å². The minimum absolute atomic E-state index is 0.0232. The molecule has 1 amide bonds. The minimum Gasteiger partial charge on any atom is -0.486 e. The highest BCUT2D eigenvalue weighted by molar-refractivity contribution is 5.94. The molecule has 0 radical (unpaired) electrons. The highest BCUT2D eigenvalue weighted by Crippen LogP contribution is 2.31. The highest BCUT2D eigenvalue weighted by atomic mass is 19.3. The smallest absolute Gasteiger partial charge is 0.319 e. The minimum atomic E-state index is -2.69. The second-order valence-corrected chi connectivity index (χ2v) is 5.05. The van der Waals surface area contributed by atoms with E-state index in [-0.39, 0.29) is 18.3 Å². The van der Waals surface area contributed by atoms with Crippen LogP contribution in [0, 0.1) is 0 Å². The van der Waals surface area contributed by atoms with Gasteiger partial charge in [0.2, 0.25) is 0 Å². The number of aromatic nitrogens is 2. The molecule has 1 aliphatic heterocycles. The zero-order valence-corrected chi connectivity index (χ0v) is 12.4. The molecule has 0 unspecified atom stereocenters. The van der Waals surface area contributed by atoms with E-state index in [2.05, 4.69) is 4.98 Å². The number of hydrogen-bond acceptors (Lipinski definition) is 4. The van der Waals surface area contributed by atoms with Crippen molar-refractivity contribution >= 4 is 5.91 Å². The standard InChI is InChI=1S/C15H15F2N3O3/c1-19(9-13-18-4-5-20(13)15(16)17)14(21)10-2-3-11-12(8-10)23-7-6-22-11/h2-5,8,15H,6-7,9H2,1H3. The van der Waals surface area contributed by atoms with E-state index in [1.807, 2.05) is 0 Å². The van der Waals surface area contributed by atoms with Gasteiger partial charge in [-0.3, -0.25) is 9.36 Å². The maximum atomic E-state index is 12.8. The normalized spacial score (nSPS) is 13.2. The number of carbonyl (C=O) groups excluding carboxylic acids is 1. The van der Waals surface area contributed by atoms with Crippen molar-refractivity contribution in [1.82, 2.24) is 14.5 Å². The molecule has 0 aliphatic carbocycles. The van der Waals surface area contributed by atoms with Crippen molar-refractivity contribution in [3.05, 3.63) is 42.0 Å². The summed E-state index contributed by atoms with van der Waals surface area (Å²) in [5.41, 5.74) is 0.395. The fourth-order valence-corrected chi connectivity index (χ4v) is 2.32. The van der Waals surface area contributed by atoms with Crippen LogP contribution in [0.1, 0.15) is 22.7 Å². The van der Waals surface area contributed by atoms with Gasteiger partial charge in [-0.05, 0) is 18.2 Å². The van der Waals surface area contributed by atoms with Gasteiger partial charge in [0.25, 0.3) is 5.91 Å². The molecule has 0 spiro atoms. The van der Waals surface area contributed by atoms with Gasteiger partial charge in [0.1, 0.15) is 19.0 Å². The molecule has 122 valence electrons. The third-order valence-electron chi connectivity index (χ3n) is 3.47. The predicted molar refractivity (Wildman–Crippen MR) is 76.7 cm³/mol. The average Bonchev–Trinajstić information content (AvgIpc) is 3.02. The van der Waals surface area contributed by atoms with Crippen LogP contribution in [-0.4, -0.2) is 40.6 Å². The van der Waals surface area contributed by atoms with Crippen molar-refractivity contribution in [1.29, 1.82) is 0 Å². The van der Waals surface area contributed by atoms with Crippen LogP contribution >= 0.6 is 0 Å². The van der Waals surface area contributed by atoms with Gasteiger partial charge < -0.3 is 14.4 Å². The third-order valence-corrected chi connectivity index (χ3v) is 3.47. The lowest BCUT2D eigenvalue weighted by atomic mass is 10.1. The fourth-order valence-electron chi connectivity index (χ4n) is 2.32. The molecule has 1 aromatic heterocycles. The lowest BCUT2D eigenvalue weighted by Crippen LogP contribution is -2.28. The van der Waals surface area contributed by atoms with Gasteiger partial charge >= 0.3 is 6.55 Å². The Kier molecular flexibility index (Phi) is 4.14. The molecule has 2 aromatic rings. The highest BCUT2D eigenvalue weighted by Gasteiger charge is 2.20. The van der Waals surface area contributed by atoms with Gasteiger partial charge in [-0.2, -0.15) is 8.78 Å². The summed E-state index contributed by atoms with van der Waals surface area (Å²) in [7, 11) is 1.53. The zero-order chi connectivity index (χ0) is 16.4. The number of alkyl halides is 2. The largest absolute Gasteiger partial charge is 0.486 e. The van der Waals surface area contributed by atoms with E-state index in [0.717, 1.165) is 4.57 Å². The molecule has 3 rings (SSSR count). The topological polar surface area (TPSA) is 56.6 Å². The number of amides is 1. The summed E-state index contributed by atoms with van der Waals surface area (Å²) in [5.74, 6) is 0.896. The average molecular weight is 323 g/mol. The molecular formula is C15H15F2N3O3. The second-order valence-electron chi connectivity index (χ2n) is 5.05. The number of imidazole rings is 1. The lowest BCUT2D eigenvalue weighted by molar-refractivity contribution is 0.0612. The Morgan fingerprint density at radius 3 is 2.83 bits per heavy atom. The first-order valence-corrected chi connectivity index (χ1v) is 7.01. The Labute approximate surface area is 131 Å². The Morgan fingerprint density at radius 1 is 1.35 bits per heavy atom. The number of carbonyl (C=O) groups is 1. The summed E-state index contributed by atoms with van der Waals surface area (Å²) in [6.45, 7) is -1.82. The first-order chi connectivity index (χ1) is 11.1. The van der Waals surface area contributed by atoms with E-state index in [4.69, 9.17) is 9.47 Å². The Hall–Kier alpha value is -2.64. The van der Waals surface area contributed by atoms with Crippen LogP contribution in [0.3, 0.4) is 0 Å². The summed E-state index contributed by atoms with van der Waals surface area (Å²) >= 11 is 0. The SMILES string of the molecule is CN(Cc1nccn1C(F)F)C(=O)c1ccc2c(c1)OCCO2. The van der Waals surface area contributed by atoms with Crippen LogP contribution in [0.25, 0.3) is 0 Å². The second kappa shape index (κ2) is 6.23. The monoisotopic (exact) mass is 323 g/mol. The summed E-state index contributed by atoms with van der Waals surface area (Å²) in [4.78, 5) is 17.6. The van der Waals surface area contributed by atoms with E-state index in [0.29, 0.717) is 30.3 Å². The number of hydrogen-bond donors (Lipinski definition) is 0. The number of fused-ring (bicyclic) bond motifs is 1. The van der Waals surface area contributed by atoms with Crippen LogP contribution in [-0.2, 0) is 6.54 Å². The fraction of sp³-hybridized carbons (Fsp3) is 0.333. The Balaban J connectivity index is 1.76. The van der Waals surface area contributed by atoms with Crippen LogP contribution in [0.15, 0.2) is 30.6 Å². The number of halogens is 2. The van der Waals surface area contributed by atoms with Crippen molar-refractivity contribution in [2.24, 2.45) is 0 Å². The summed E-state index contributed by atoms with van der Waals surface area (Å²) in [5, 5.41) is 0. The summed E-state index contributed by atoms with van der Waals surface area (Å²) < 4.78 is 37.2. The van der Waals surface area contributed by atoms with Crippen molar-refractivity contribution < 1.29 is 23.0 Å². The molecule has 1 aliphatic rings. The molecule has 2 heterocycles. The molecule has 0 saturated heterocycles. The number of rotatable bonds is 4. The summed E-state index contributed by atoms with van der Waals surface area (Å²) in [6, 6.07) is 4.87. The van der Waals surface area contributed by atoms with Gasteiger partial charge in [0.05, 0.1) is 6.54 Å². The summed E-state index contributed by atoms with van der Waals surface area (Å²) in [6.07, 6.45) is 2.46. The number of benzene rings is 1. The quantitative estimate of drug-likeness (QED) is 0.866. The molecule has 8 heteroatoms. The van der Waals surface area contributed by atoms with Crippen LogP contribution in [0.2, 0.25) is 0 Å². The molecule has 0 bridgehead atoms. The van der Waals surface area contributed by atoms with Crippen molar-refractivity contribution in [3.8, 4) is 11.5 Å². The van der Waals surface area contributed by atoms with Gasteiger partial charge in [-0.1, -0.05) is 0 Å². The van der Waals surface area contributed by atoms with E-state index >= 15 is 0 Å². The van der Waals surface area contributed by atoms with Gasteiger partial charge in [0.15, 0.2) is 11.5 Å². The van der Waals surface area contributed by atoms with Crippen molar-refractivity contribution in [2.75, 3.05) is 20.3 Å². The van der Waals surface area contributed by atoms with Crippen LogP contribution in [0.5, 0.6) is 11.5 Å². The molecule has 1 aromatic carbocycles.